The minimum absolute atomic E-state index is 0.228. The number of esters is 1. The minimum Gasteiger partial charge on any atom is -0.497 e. The third kappa shape index (κ3) is 7.17. The Hall–Kier alpha value is -2.18. The van der Waals surface area contributed by atoms with E-state index in [4.69, 9.17) is 18.4 Å². The van der Waals surface area contributed by atoms with E-state index < -0.39 is 21.7 Å². The molecule has 1 saturated heterocycles. The Balaban J connectivity index is 1.70. The lowest BCUT2D eigenvalue weighted by Crippen LogP contribution is -2.40. The molecule has 1 aliphatic heterocycles. The molecule has 3 rings (SSSR count). The fraction of sp³-hybridized carbons (Fsp3) is 0.625. The van der Waals surface area contributed by atoms with Gasteiger partial charge in [-0.15, -0.1) is 0 Å². The summed E-state index contributed by atoms with van der Waals surface area (Å²) >= 11 is 0. The van der Waals surface area contributed by atoms with Crippen LogP contribution in [0.1, 0.15) is 19.4 Å². The van der Waals surface area contributed by atoms with Crippen molar-refractivity contribution >= 4 is 27.2 Å². The van der Waals surface area contributed by atoms with Gasteiger partial charge in [0.1, 0.15) is 12.4 Å². The molecule has 2 heterocycles. The molecule has 0 atom stereocenters. The van der Waals surface area contributed by atoms with Crippen molar-refractivity contribution in [2.24, 2.45) is 5.41 Å². The van der Waals surface area contributed by atoms with Gasteiger partial charge < -0.3 is 19.1 Å². The van der Waals surface area contributed by atoms with Crippen LogP contribution in [0, 0.1) is 5.41 Å². The lowest BCUT2D eigenvalue weighted by Gasteiger charge is -2.27. The molecule has 0 aliphatic carbocycles. The molecule has 1 aromatic carbocycles. The Morgan fingerprint density at radius 3 is 2.57 bits per heavy atom. The number of carbonyl (C=O) groups is 1. The zero-order chi connectivity index (χ0) is 25.6. The van der Waals surface area contributed by atoms with E-state index in [2.05, 4.69) is 4.90 Å². The fourth-order valence-electron chi connectivity index (χ4n) is 3.73. The van der Waals surface area contributed by atoms with Gasteiger partial charge >= 0.3 is 16.3 Å². The number of methoxy groups -OCH3 is 1. The number of morpholine rings is 1. The quantitative estimate of drug-likeness (QED) is 0.395. The van der Waals surface area contributed by atoms with Gasteiger partial charge in [0.05, 0.1) is 37.9 Å². The molecule has 0 unspecified atom stereocenters. The first-order valence-corrected chi connectivity index (χ1v) is 13.1. The number of hydrogen-bond donors (Lipinski definition) is 0. The van der Waals surface area contributed by atoms with E-state index in [0.29, 0.717) is 37.4 Å². The average Bonchev–Trinajstić information content (AvgIpc) is 3.21. The number of carbonyl (C=O) groups excluding carboxylic acids is 1. The monoisotopic (exact) mass is 511 g/mol. The Kier molecular flexibility index (Phi) is 9.16. The number of fused-ring (bicyclic) bond motifs is 1. The Bertz CT molecular complexity index is 1110. The van der Waals surface area contributed by atoms with Crippen LogP contribution in [0.4, 0.5) is 0 Å². The summed E-state index contributed by atoms with van der Waals surface area (Å²) in [4.78, 5) is 16.8. The van der Waals surface area contributed by atoms with Gasteiger partial charge in [-0.3, -0.25) is 13.9 Å². The van der Waals surface area contributed by atoms with E-state index >= 15 is 0 Å². The van der Waals surface area contributed by atoms with E-state index in [1.54, 1.807) is 32.2 Å². The van der Waals surface area contributed by atoms with Crippen LogP contribution in [-0.4, -0.2) is 102 Å². The highest BCUT2D eigenvalue weighted by Gasteiger charge is 2.33. The van der Waals surface area contributed by atoms with Crippen molar-refractivity contribution in [1.29, 1.82) is 0 Å². The van der Waals surface area contributed by atoms with Crippen LogP contribution in [-0.2, 0) is 35.2 Å². The smallest absolute Gasteiger partial charge is 0.366 e. The standard InChI is InChI=1S/C24H37N3O7S/c1-24(2,23(28)33-15-12-26-10-13-32-14-11-26)18-34-35(29,30)27-17-19(8-9-25(3)4)21-7-6-20(31-5)16-22(21)27/h6-7,16-17H,8-15,18H2,1-5H3. The number of ether oxygens (including phenoxy) is 3. The van der Waals surface area contributed by atoms with Crippen molar-refractivity contribution in [3.63, 3.8) is 0 Å². The predicted molar refractivity (Wildman–Crippen MR) is 133 cm³/mol. The van der Waals surface area contributed by atoms with Crippen molar-refractivity contribution in [3.8, 4) is 5.75 Å². The van der Waals surface area contributed by atoms with Gasteiger partial charge in [-0.2, -0.15) is 8.42 Å². The molecule has 0 radical (unpaired) electrons. The van der Waals surface area contributed by atoms with Crippen molar-refractivity contribution in [3.05, 3.63) is 30.0 Å². The van der Waals surface area contributed by atoms with Gasteiger partial charge in [0.15, 0.2) is 0 Å². The Labute approximate surface area is 207 Å². The molecule has 0 bridgehead atoms. The SMILES string of the molecule is COc1ccc2c(CCN(C)C)cn(S(=O)(=O)OCC(C)(C)C(=O)OCCN3CCOCC3)c2c1. The molecule has 10 nitrogen and oxygen atoms in total. The summed E-state index contributed by atoms with van der Waals surface area (Å²) in [7, 11) is 1.24. The predicted octanol–water partition coefficient (Wildman–Crippen LogP) is 1.77. The first-order chi connectivity index (χ1) is 16.5. The van der Waals surface area contributed by atoms with E-state index in [-0.39, 0.29) is 13.2 Å². The summed E-state index contributed by atoms with van der Waals surface area (Å²) in [5.41, 5.74) is 0.196. The van der Waals surface area contributed by atoms with E-state index in [0.717, 1.165) is 34.6 Å². The highest BCUT2D eigenvalue weighted by atomic mass is 32.2. The Morgan fingerprint density at radius 1 is 1.20 bits per heavy atom. The lowest BCUT2D eigenvalue weighted by molar-refractivity contribution is -0.156. The van der Waals surface area contributed by atoms with Gasteiger partial charge in [-0.25, -0.2) is 3.97 Å². The molecular formula is C24H37N3O7S. The van der Waals surface area contributed by atoms with Gasteiger partial charge in [-0.05, 0) is 52.1 Å². The number of likely N-dealkylation sites (N-methyl/N-ethyl adjacent to an activating group) is 1. The van der Waals surface area contributed by atoms with Crippen molar-refractivity contribution < 1.29 is 31.6 Å². The van der Waals surface area contributed by atoms with E-state index in [9.17, 15) is 13.2 Å². The molecule has 2 aromatic rings. The van der Waals surface area contributed by atoms with Gasteiger partial charge in [-0.1, -0.05) is 0 Å². The summed E-state index contributed by atoms with van der Waals surface area (Å²) in [6.07, 6.45) is 2.25. The van der Waals surface area contributed by atoms with Crippen LogP contribution in [0.5, 0.6) is 5.75 Å². The molecule has 11 heteroatoms. The number of aromatic nitrogens is 1. The van der Waals surface area contributed by atoms with E-state index in [1.807, 2.05) is 25.1 Å². The van der Waals surface area contributed by atoms with Crippen LogP contribution in [0.3, 0.4) is 0 Å². The van der Waals surface area contributed by atoms with Crippen molar-refractivity contribution in [2.45, 2.75) is 20.3 Å². The normalized spacial score (nSPS) is 15.6. The molecule has 0 amide bonds. The maximum Gasteiger partial charge on any atom is 0.366 e. The molecule has 1 fully saturated rings. The third-order valence-corrected chi connectivity index (χ3v) is 7.20. The molecular weight excluding hydrogens is 474 g/mol. The molecule has 35 heavy (non-hydrogen) atoms. The summed E-state index contributed by atoms with van der Waals surface area (Å²) in [6, 6.07) is 5.32. The minimum atomic E-state index is -4.22. The summed E-state index contributed by atoms with van der Waals surface area (Å²) in [5, 5.41) is 0.807. The fourth-order valence-corrected chi connectivity index (χ4v) is 4.93. The summed E-state index contributed by atoms with van der Waals surface area (Å²) in [6.45, 7) is 7.41. The molecule has 0 N–H and O–H groups in total. The number of nitrogens with zero attached hydrogens (tertiary/aromatic N) is 3. The number of hydrogen-bond acceptors (Lipinski definition) is 9. The highest BCUT2D eigenvalue weighted by molar-refractivity contribution is 7.85. The molecule has 1 aliphatic rings. The van der Waals surface area contributed by atoms with Crippen LogP contribution in [0.25, 0.3) is 10.9 Å². The molecule has 0 spiro atoms. The molecule has 1 aromatic heterocycles. The van der Waals surface area contributed by atoms with Crippen molar-refractivity contribution in [1.82, 2.24) is 13.8 Å². The highest BCUT2D eigenvalue weighted by Crippen LogP contribution is 2.29. The van der Waals surface area contributed by atoms with Crippen molar-refractivity contribution in [2.75, 3.05) is 73.8 Å². The van der Waals surface area contributed by atoms with Gasteiger partial charge in [0.2, 0.25) is 0 Å². The maximum atomic E-state index is 13.2. The molecule has 196 valence electrons. The first-order valence-electron chi connectivity index (χ1n) is 11.7. The largest absolute Gasteiger partial charge is 0.497 e. The van der Waals surface area contributed by atoms with Crippen LogP contribution in [0.2, 0.25) is 0 Å². The lowest BCUT2D eigenvalue weighted by atomic mass is 9.95. The second-order valence-electron chi connectivity index (χ2n) is 9.58. The number of benzene rings is 1. The maximum absolute atomic E-state index is 13.2. The zero-order valence-electron chi connectivity index (χ0n) is 21.3. The Morgan fingerprint density at radius 2 is 1.91 bits per heavy atom. The third-order valence-electron chi connectivity index (χ3n) is 6.00. The summed E-state index contributed by atoms with van der Waals surface area (Å²) < 4.78 is 48.9. The van der Waals surface area contributed by atoms with E-state index in [1.165, 1.54) is 7.11 Å². The number of rotatable bonds is 12. The second kappa shape index (κ2) is 11.7. The first kappa shape index (κ1) is 27.4. The topological polar surface area (TPSA) is 99.5 Å². The molecule has 0 saturated carbocycles. The van der Waals surface area contributed by atoms with Crippen LogP contribution >= 0.6 is 0 Å². The zero-order valence-corrected chi connectivity index (χ0v) is 22.1. The van der Waals surface area contributed by atoms with Crippen LogP contribution < -0.4 is 4.74 Å². The van der Waals surface area contributed by atoms with Crippen LogP contribution in [0.15, 0.2) is 24.4 Å². The van der Waals surface area contributed by atoms with Gasteiger partial charge in [0.25, 0.3) is 0 Å². The average molecular weight is 512 g/mol. The summed E-state index contributed by atoms with van der Waals surface area (Å²) in [5.74, 6) is 0.0297. The second-order valence-corrected chi connectivity index (χ2v) is 11.1. The van der Waals surface area contributed by atoms with Gasteiger partial charge in [0, 0.05) is 43.8 Å².